The third-order valence-corrected chi connectivity index (χ3v) is 8.09. The van der Waals surface area contributed by atoms with Crippen molar-refractivity contribution in [1.82, 2.24) is 9.88 Å². The number of nitrogens with one attached hydrogen (secondary N) is 1. The summed E-state index contributed by atoms with van der Waals surface area (Å²) in [6.07, 6.45) is 9.54. The molecule has 174 valence electrons. The van der Waals surface area contributed by atoms with Crippen molar-refractivity contribution in [3.63, 3.8) is 0 Å². The SMILES string of the molecule is Cc1ccc(C)c(CS(=O)(=O)c2cn(CC(=O)NCCC3=CCCCC3)c3ccccc23)c1. The lowest BCUT2D eigenvalue weighted by atomic mass is 9.97. The van der Waals surface area contributed by atoms with E-state index in [0.29, 0.717) is 11.9 Å². The highest BCUT2D eigenvalue weighted by Gasteiger charge is 2.23. The largest absolute Gasteiger partial charge is 0.354 e. The highest BCUT2D eigenvalue weighted by molar-refractivity contribution is 7.90. The first-order valence-corrected chi connectivity index (χ1v) is 13.3. The monoisotopic (exact) mass is 464 g/mol. The number of carbonyl (C=O) groups excluding carboxylic acids is 1. The summed E-state index contributed by atoms with van der Waals surface area (Å²) in [5.41, 5.74) is 4.98. The van der Waals surface area contributed by atoms with Crippen LogP contribution in [-0.2, 0) is 26.9 Å². The lowest BCUT2D eigenvalue weighted by Crippen LogP contribution is -2.28. The minimum absolute atomic E-state index is 0.0597. The molecule has 0 saturated carbocycles. The molecule has 1 amide bonds. The Bertz CT molecular complexity index is 1300. The number of aromatic nitrogens is 1. The number of allylic oxidation sites excluding steroid dienone is 1. The molecule has 0 fully saturated rings. The van der Waals surface area contributed by atoms with Gasteiger partial charge in [-0.05, 0) is 63.1 Å². The van der Waals surface area contributed by atoms with E-state index < -0.39 is 9.84 Å². The molecule has 4 rings (SSSR count). The standard InChI is InChI=1S/C27H32N2O3S/c1-20-12-13-21(2)23(16-20)19-33(31,32)26-17-29(25-11-7-6-10-24(25)26)18-27(30)28-15-14-22-8-4-3-5-9-22/h6-8,10-13,16-17H,3-5,9,14-15,18-19H2,1-2H3,(H,28,30). The van der Waals surface area contributed by atoms with E-state index in [1.165, 1.54) is 18.4 Å². The highest BCUT2D eigenvalue weighted by atomic mass is 32.2. The first-order valence-electron chi connectivity index (χ1n) is 11.6. The summed E-state index contributed by atoms with van der Waals surface area (Å²) in [4.78, 5) is 12.9. The Morgan fingerprint density at radius 2 is 1.91 bits per heavy atom. The number of carbonyl (C=O) groups is 1. The predicted octanol–water partition coefficient (Wildman–Crippen LogP) is 5.24. The molecule has 0 saturated heterocycles. The third-order valence-electron chi connectivity index (χ3n) is 6.40. The van der Waals surface area contributed by atoms with Gasteiger partial charge in [-0.3, -0.25) is 4.79 Å². The summed E-state index contributed by atoms with van der Waals surface area (Å²) in [7, 11) is -3.59. The van der Waals surface area contributed by atoms with E-state index in [1.54, 1.807) is 10.8 Å². The number of hydrogen-bond acceptors (Lipinski definition) is 3. The smallest absolute Gasteiger partial charge is 0.239 e. The van der Waals surface area contributed by atoms with Crippen LogP contribution in [0.25, 0.3) is 10.9 Å². The van der Waals surface area contributed by atoms with Gasteiger partial charge in [0.15, 0.2) is 9.84 Å². The van der Waals surface area contributed by atoms with Crippen molar-refractivity contribution >= 4 is 26.6 Å². The van der Waals surface area contributed by atoms with Crippen LogP contribution in [0, 0.1) is 13.8 Å². The van der Waals surface area contributed by atoms with Crippen LogP contribution in [0.3, 0.4) is 0 Å². The van der Waals surface area contributed by atoms with E-state index in [0.717, 1.165) is 41.5 Å². The van der Waals surface area contributed by atoms with Crippen LogP contribution in [0.15, 0.2) is 65.2 Å². The van der Waals surface area contributed by atoms with Crippen LogP contribution in [0.5, 0.6) is 0 Å². The van der Waals surface area contributed by atoms with E-state index in [4.69, 9.17) is 0 Å². The number of amides is 1. The van der Waals surface area contributed by atoms with Crippen LogP contribution < -0.4 is 5.32 Å². The molecule has 33 heavy (non-hydrogen) atoms. The molecule has 1 aliphatic rings. The van der Waals surface area contributed by atoms with E-state index in [9.17, 15) is 13.2 Å². The number of rotatable bonds is 8. The Balaban J connectivity index is 1.53. The van der Waals surface area contributed by atoms with Crippen molar-refractivity contribution in [2.75, 3.05) is 6.54 Å². The second-order valence-corrected chi connectivity index (χ2v) is 11.0. The van der Waals surface area contributed by atoms with Crippen molar-refractivity contribution in [2.45, 2.75) is 63.1 Å². The maximum absolute atomic E-state index is 13.4. The first kappa shape index (κ1) is 23.3. The molecular weight excluding hydrogens is 432 g/mol. The summed E-state index contributed by atoms with van der Waals surface area (Å²) in [5.74, 6) is -0.166. The summed E-state index contributed by atoms with van der Waals surface area (Å²) >= 11 is 0. The quantitative estimate of drug-likeness (QED) is 0.464. The lowest BCUT2D eigenvalue weighted by Gasteiger charge is -2.13. The molecule has 1 N–H and O–H groups in total. The molecule has 1 aromatic heterocycles. The summed E-state index contributed by atoms with van der Waals surface area (Å²) in [6, 6.07) is 13.3. The molecule has 3 aromatic rings. The zero-order chi connectivity index (χ0) is 23.4. The maximum Gasteiger partial charge on any atom is 0.239 e. The normalized spacial score (nSPS) is 14.3. The Hall–Kier alpha value is -2.86. The molecule has 0 atom stereocenters. The number of fused-ring (bicyclic) bond motifs is 1. The van der Waals surface area contributed by atoms with Crippen LogP contribution in [0.4, 0.5) is 0 Å². The van der Waals surface area contributed by atoms with Crippen LogP contribution in [-0.4, -0.2) is 25.4 Å². The van der Waals surface area contributed by atoms with E-state index in [2.05, 4.69) is 11.4 Å². The second kappa shape index (κ2) is 9.96. The third kappa shape index (κ3) is 5.56. The van der Waals surface area contributed by atoms with Gasteiger partial charge in [0.1, 0.15) is 6.54 Å². The number of sulfone groups is 1. The van der Waals surface area contributed by atoms with Crippen molar-refractivity contribution in [3.8, 4) is 0 Å². The van der Waals surface area contributed by atoms with Gasteiger partial charge in [0.05, 0.1) is 10.6 Å². The highest BCUT2D eigenvalue weighted by Crippen LogP contribution is 2.29. The lowest BCUT2D eigenvalue weighted by molar-refractivity contribution is -0.121. The molecular formula is C27H32N2O3S. The van der Waals surface area contributed by atoms with Gasteiger partial charge >= 0.3 is 0 Å². The van der Waals surface area contributed by atoms with Crippen molar-refractivity contribution in [3.05, 3.63) is 77.0 Å². The van der Waals surface area contributed by atoms with Crippen molar-refractivity contribution < 1.29 is 13.2 Å². The zero-order valence-electron chi connectivity index (χ0n) is 19.4. The fourth-order valence-corrected chi connectivity index (χ4v) is 6.21. The van der Waals surface area contributed by atoms with Crippen molar-refractivity contribution in [1.29, 1.82) is 0 Å². The number of para-hydroxylation sites is 1. The van der Waals surface area contributed by atoms with Crippen LogP contribution >= 0.6 is 0 Å². The molecule has 0 spiro atoms. The Labute approximate surface area is 196 Å². The van der Waals surface area contributed by atoms with Gasteiger partial charge in [-0.2, -0.15) is 0 Å². The fraction of sp³-hybridized carbons (Fsp3) is 0.370. The van der Waals surface area contributed by atoms with E-state index in [1.807, 2.05) is 56.3 Å². The maximum atomic E-state index is 13.4. The van der Waals surface area contributed by atoms with Gasteiger partial charge in [-0.15, -0.1) is 0 Å². The summed E-state index contributed by atoms with van der Waals surface area (Å²) in [5, 5.41) is 3.65. The minimum atomic E-state index is -3.59. The molecule has 0 radical (unpaired) electrons. The molecule has 2 aromatic carbocycles. The number of hydrogen-bond donors (Lipinski definition) is 1. The number of benzene rings is 2. The number of nitrogens with zero attached hydrogens (tertiary/aromatic N) is 1. The summed E-state index contributed by atoms with van der Waals surface area (Å²) in [6.45, 7) is 4.60. The first-order chi connectivity index (χ1) is 15.8. The fourth-order valence-electron chi connectivity index (χ4n) is 4.53. The summed E-state index contributed by atoms with van der Waals surface area (Å²) < 4.78 is 28.6. The van der Waals surface area contributed by atoms with Gasteiger partial charge in [-0.1, -0.05) is 53.6 Å². The Kier molecular flexibility index (Phi) is 7.03. The van der Waals surface area contributed by atoms with Gasteiger partial charge in [0.25, 0.3) is 0 Å². The molecule has 1 aliphatic carbocycles. The Morgan fingerprint density at radius 3 is 2.70 bits per heavy atom. The van der Waals surface area contributed by atoms with Crippen LogP contribution in [0.2, 0.25) is 0 Å². The van der Waals surface area contributed by atoms with Crippen molar-refractivity contribution in [2.24, 2.45) is 0 Å². The van der Waals surface area contributed by atoms with E-state index in [-0.39, 0.29) is 23.1 Å². The minimum Gasteiger partial charge on any atom is -0.354 e. The van der Waals surface area contributed by atoms with E-state index >= 15 is 0 Å². The average Bonchev–Trinajstić information content (AvgIpc) is 3.16. The Morgan fingerprint density at radius 1 is 1.09 bits per heavy atom. The van der Waals surface area contributed by atoms with Gasteiger partial charge in [0.2, 0.25) is 5.91 Å². The van der Waals surface area contributed by atoms with Crippen LogP contribution in [0.1, 0.15) is 48.8 Å². The topological polar surface area (TPSA) is 68.2 Å². The molecule has 0 bridgehead atoms. The van der Waals surface area contributed by atoms with Gasteiger partial charge in [-0.25, -0.2) is 8.42 Å². The molecule has 5 nitrogen and oxygen atoms in total. The van der Waals surface area contributed by atoms with Gasteiger partial charge < -0.3 is 9.88 Å². The molecule has 6 heteroatoms. The number of aryl methyl sites for hydroxylation is 2. The average molecular weight is 465 g/mol. The molecule has 0 aliphatic heterocycles. The predicted molar refractivity (Wildman–Crippen MR) is 133 cm³/mol. The molecule has 1 heterocycles. The van der Waals surface area contributed by atoms with Gasteiger partial charge in [0, 0.05) is 23.6 Å². The zero-order valence-corrected chi connectivity index (χ0v) is 20.2. The molecule has 0 unspecified atom stereocenters. The second-order valence-electron chi connectivity index (χ2n) is 9.04.